The predicted octanol–water partition coefficient (Wildman–Crippen LogP) is 4.04. The summed E-state index contributed by atoms with van der Waals surface area (Å²) in [6, 6.07) is 6.40. The zero-order valence-corrected chi connectivity index (χ0v) is 20.0. The molecule has 0 saturated heterocycles. The molecule has 0 aliphatic carbocycles. The number of nitrogens with zero attached hydrogens (tertiary/aromatic N) is 3. The highest BCUT2D eigenvalue weighted by Crippen LogP contribution is 2.20. The van der Waals surface area contributed by atoms with Gasteiger partial charge in [-0.3, -0.25) is 0 Å². The molecule has 0 amide bonds. The Hall–Kier alpha value is -1.91. The molecule has 2 aromatic rings. The van der Waals surface area contributed by atoms with E-state index in [-0.39, 0.29) is 47.1 Å². The van der Waals surface area contributed by atoms with Crippen molar-refractivity contribution in [1.29, 1.82) is 0 Å². The molecule has 0 aliphatic rings. The maximum Gasteiger partial charge on any atom is 0.232 e. The van der Waals surface area contributed by atoms with Crippen LogP contribution in [0.5, 0.6) is 5.75 Å². The SMILES string of the molecule is CCNC(=NCc1noc(C(C)(C)C)n1)NCC(CC)Oc1ccccc1F.I. The number of aromatic nitrogens is 2. The molecule has 0 bridgehead atoms. The zero-order chi connectivity index (χ0) is 20.6. The number of guanidine groups is 1. The van der Waals surface area contributed by atoms with E-state index in [1.54, 1.807) is 18.2 Å². The minimum atomic E-state index is -0.367. The molecule has 162 valence electrons. The van der Waals surface area contributed by atoms with E-state index in [1.807, 2.05) is 34.6 Å². The summed E-state index contributed by atoms with van der Waals surface area (Å²) in [4.78, 5) is 8.87. The second-order valence-electron chi connectivity index (χ2n) is 7.42. The van der Waals surface area contributed by atoms with Crippen LogP contribution in [0.3, 0.4) is 0 Å². The third-order valence-electron chi connectivity index (χ3n) is 3.92. The zero-order valence-electron chi connectivity index (χ0n) is 17.7. The summed E-state index contributed by atoms with van der Waals surface area (Å²) >= 11 is 0. The lowest BCUT2D eigenvalue weighted by molar-refractivity contribution is 0.191. The number of para-hydroxylation sites is 1. The van der Waals surface area contributed by atoms with Crippen molar-refractivity contribution in [3.8, 4) is 5.75 Å². The summed E-state index contributed by atoms with van der Waals surface area (Å²) < 4.78 is 24.9. The summed E-state index contributed by atoms with van der Waals surface area (Å²) in [6.45, 7) is 11.5. The van der Waals surface area contributed by atoms with Gasteiger partial charge in [-0.2, -0.15) is 4.98 Å². The van der Waals surface area contributed by atoms with Gasteiger partial charge in [0.05, 0.1) is 6.54 Å². The number of hydrogen-bond acceptors (Lipinski definition) is 5. The molecule has 1 atom stereocenters. The third-order valence-corrected chi connectivity index (χ3v) is 3.92. The molecule has 1 unspecified atom stereocenters. The molecule has 2 rings (SSSR count). The van der Waals surface area contributed by atoms with Gasteiger partial charge in [0.15, 0.2) is 23.4 Å². The van der Waals surface area contributed by atoms with E-state index in [2.05, 4.69) is 25.8 Å². The van der Waals surface area contributed by atoms with E-state index in [9.17, 15) is 4.39 Å². The molecule has 0 saturated carbocycles. The lowest BCUT2D eigenvalue weighted by Crippen LogP contribution is -2.42. The predicted molar refractivity (Wildman–Crippen MR) is 122 cm³/mol. The van der Waals surface area contributed by atoms with Crippen molar-refractivity contribution >= 4 is 29.9 Å². The second-order valence-corrected chi connectivity index (χ2v) is 7.42. The Morgan fingerprint density at radius 2 is 1.97 bits per heavy atom. The molecule has 1 aromatic heterocycles. The van der Waals surface area contributed by atoms with Gasteiger partial charge >= 0.3 is 0 Å². The molecule has 0 spiro atoms. The van der Waals surface area contributed by atoms with E-state index in [1.165, 1.54) is 6.07 Å². The van der Waals surface area contributed by atoms with Crippen LogP contribution in [-0.4, -0.2) is 35.3 Å². The van der Waals surface area contributed by atoms with Gasteiger partial charge in [0, 0.05) is 12.0 Å². The van der Waals surface area contributed by atoms with Crippen LogP contribution in [0.4, 0.5) is 4.39 Å². The number of aliphatic imine (C=N–C) groups is 1. The first-order valence-corrected chi connectivity index (χ1v) is 9.59. The Kier molecular flexibility index (Phi) is 10.3. The van der Waals surface area contributed by atoms with Gasteiger partial charge in [-0.15, -0.1) is 24.0 Å². The first-order chi connectivity index (χ1) is 13.3. The molecule has 7 nitrogen and oxygen atoms in total. The number of hydrogen-bond donors (Lipinski definition) is 2. The lowest BCUT2D eigenvalue weighted by atomic mass is 9.97. The van der Waals surface area contributed by atoms with E-state index >= 15 is 0 Å². The average molecular weight is 519 g/mol. The fourth-order valence-corrected chi connectivity index (χ4v) is 2.31. The lowest BCUT2D eigenvalue weighted by Gasteiger charge is -2.20. The van der Waals surface area contributed by atoms with Crippen molar-refractivity contribution in [1.82, 2.24) is 20.8 Å². The van der Waals surface area contributed by atoms with Gasteiger partial charge < -0.3 is 19.9 Å². The van der Waals surface area contributed by atoms with Crippen LogP contribution in [-0.2, 0) is 12.0 Å². The minimum absolute atomic E-state index is 0. The first kappa shape index (κ1) is 25.1. The normalized spacial score (nSPS) is 12.8. The van der Waals surface area contributed by atoms with Crippen molar-refractivity contribution in [2.24, 2.45) is 4.99 Å². The minimum Gasteiger partial charge on any atom is -0.486 e. The largest absolute Gasteiger partial charge is 0.486 e. The molecule has 9 heteroatoms. The van der Waals surface area contributed by atoms with E-state index in [4.69, 9.17) is 9.26 Å². The van der Waals surface area contributed by atoms with Gasteiger partial charge in [-0.1, -0.05) is 45.0 Å². The Balaban J connectivity index is 0.00000420. The van der Waals surface area contributed by atoms with Crippen LogP contribution in [0, 0.1) is 5.82 Å². The van der Waals surface area contributed by atoms with E-state index in [0.717, 1.165) is 6.42 Å². The smallest absolute Gasteiger partial charge is 0.232 e. The summed E-state index contributed by atoms with van der Waals surface area (Å²) in [5, 5.41) is 10.4. The number of rotatable bonds is 8. The maximum atomic E-state index is 13.8. The fourth-order valence-electron chi connectivity index (χ4n) is 2.31. The highest BCUT2D eigenvalue weighted by molar-refractivity contribution is 14.0. The van der Waals surface area contributed by atoms with Gasteiger partial charge in [-0.05, 0) is 25.5 Å². The standard InChI is InChI=1S/C20H30FN5O2.HI/c1-6-14(27-16-11-9-8-10-15(16)21)12-23-19(22-7-2)24-13-17-25-18(28-26-17)20(3,4)5;/h8-11,14H,6-7,12-13H2,1-5H3,(H2,22,23,24);1H. The van der Waals surface area contributed by atoms with Crippen molar-refractivity contribution in [2.45, 2.75) is 59.1 Å². The monoisotopic (exact) mass is 519 g/mol. The third kappa shape index (κ3) is 8.15. The van der Waals surface area contributed by atoms with Crippen molar-refractivity contribution in [3.63, 3.8) is 0 Å². The quantitative estimate of drug-likeness (QED) is 0.311. The molecule has 1 aromatic carbocycles. The first-order valence-electron chi connectivity index (χ1n) is 9.59. The summed E-state index contributed by atoms with van der Waals surface area (Å²) in [5.74, 6) is 1.60. The van der Waals surface area contributed by atoms with Gasteiger partial charge in [-0.25, -0.2) is 9.38 Å². The maximum absolute atomic E-state index is 13.8. The van der Waals surface area contributed by atoms with Gasteiger partial charge in [0.2, 0.25) is 5.89 Å². The summed E-state index contributed by atoms with van der Waals surface area (Å²) in [5.41, 5.74) is -0.198. The Morgan fingerprint density at radius 3 is 2.55 bits per heavy atom. The summed E-state index contributed by atoms with van der Waals surface area (Å²) in [7, 11) is 0. The van der Waals surface area contributed by atoms with Gasteiger partial charge in [0.25, 0.3) is 0 Å². The molecule has 1 heterocycles. The van der Waals surface area contributed by atoms with E-state index < -0.39 is 0 Å². The van der Waals surface area contributed by atoms with Crippen LogP contribution in [0.2, 0.25) is 0 Å². The van der Waals surface area contributed by atoms with Crippen LogP contribution >= 0.6 is 24.0 Å². The Labute approximate surface area is 188 Å². The molecule has 0 radical (unpaired) electrons. The fraction of sp³-hybridized carbons (Fsp3) is 0.550. The number of ether oxygens (including phenoxy) is 1. The van der Waals surface area contributed by atoms with Crippen LogP contribution in [0.1, 0.15) is 52.8 Å². The summed E-state index contributed by atoms with van der Waals surface area (Å²) in [6.07, 6.45) is 0.527. The Morgan fingerprint density at radius 1 is 1.24 bits per heavy atom. The van der Waals surface area contributed by atoms with Crippen molar-refractivity contribution in [2.75, 3.05) is 13.1 Å². The number of benzene rings is 1. The van der Waals surface area contributed by atoms with Crippen LogP contribution in [0.25, 0.3) is 0 Å². The topological polar surface area (TPSA) is 84.6 Å². The van der Waals surface area contributed by atoms with Crippen molar-refractivity contribution in [3.05, 3.63) is 41.8 Å². The van der Waals surface area contributed by atoms with Crippen molar-refractivity contribution < 1.29 is 13.7 Å². The molecule has 29 heavy (non-hydrogen) atoms. The number of nitrogens with one attached hydrogen (secondary N) is 2. The van der Waals surface area contributed by atoms with Gasteiger partial charge in [0.1, 0.15) is 12.6 Å². The molecule has 0 fully saturated rings. The van der Waals surface area contributed by atoms with Crippen LogP contribution < -0.4 is 15.4 Å². The second kappa shape index (κ2) is 11.9. The molecule has 2 N–H and O–H groups in total. The van der Waals surface area contributed by atoms with E-state index in [0.29, 0.717) is 37.3 Å². The molecule has 0 aliphatic heterocycles. The highest BCUT2D eigenvalue weighted by atomic mass is 127. The number of halogens is 2. The molecular weight excluding hydrogens is 488 g/mol. The molecular formula is C20H31FIN5O2. The van der Waals surface area contributed by atoms with Crippen LogP contribution in [0.15, 0.2) is 33.8 Å². The Bertz CT molecular complexity index is 776. The average Bonchev–Trinajstić information content (AvgIpc) is 3.14. The highest BCUT2D eigenvalue weighted by Gasteiger charge is 2.21.